The normalized spacial score (nSPS) is 13.2. The molecular weight excluding hydrogens is 246 g/mol. The van der Waals surface area contributed by atoms with E-state index in [0.29, 0.717) is 29.1 Å². The predicted octanol–water partition coefficient (Wildman–Crippen LogP) is 1.29. The third-order valence-corrected chi connectivity index (χ3v) is 2.72. The second-order valence-corrected chi connectivity index (χ2v) is 3.99. The average Bonchev–Trinajstić information content (AvgIpc) is 2.46. The van der Waals surface area contributed by atoms with Crippen LogP contribution >= 0.6 is 0 Å². The number of hydrogen-bond donors (Lipinski definition) is 1. The largest absolute Gasteiger partial charge is 0.482 e. The number of nitrogens with one attached hydrogen (secondary N) is 1. The standard InChI is InChI=1S/C13H9N3O3/c17-5-9-4-10(15-7-14-9)8-1-2-12-11(3-8)16-13(18)6-19-12/h1-5,7H,6H2,(H,16,18). The zero-order chi connectivity index (χ0) is 13.2. The van der Waals surface area contributed by atoms with Crippen molar-refractivity contribution in [3.05, 3.63) is 36.3 Å². The number of aromatic nitrogens is 2. The van der Waals surface area contributed by atoms with Crippen LogP contribution in [0.1, 0.15) is 10.5 Å². The van der Waals surface area contributed by atoms with Crippen LogP contribution in [0.15, 0.2) is 30.6 Å². The smallest absolute Gasteiger partial charge is 0.262 e. The Hall–Kier alpha value is -2.76. The molecule has 0 spiro atoms. The molecule has 1 aliphatic heterocycles. The Bertz CT molecular complexity index is 670. The van der Waals surface area contributed by atoms with E-state index in [2.05, 4.69) is 15.3 Å². The summed E-state index contributed by atoms with van der Waals surface area (Å²) in [6.07, 6.45) is 1.99. The molecule has 0 saturated heterocycles. The van der Waals surface area contributed by atoms with Gasteiger partial charge in [-0.1, -0.05) is 0 Å². The van der Waals surface area contributed by atoms with E-state index in [0.717, 1.165) is 5.56 Å². The van der Waals surface area contributed by atoms with E-state index in [1.165, 1.54) is 6.33 Å². The van der Waals surface area contributed by atoms with Crippen molar-refractivity contribution in [2.75, 3.05) is 11.9 Å². The SMILES string of the molecule is O=Cc1cc(-c2ccc3c(c2)NC(=O)CO3)ncn1. The topological polar surface area (TPSA) is 81.2 Å². The number of nitrogens with zero attached hydrogens (tertiary/aromatic N) is 2. The van der Waals surface area contributed by atoms with Crippen molar-refractivity contribution in [2.45, 2.75) is 0 Å². The monoisotopic (exact) mass is 255 g/mol. The molecule has 1 aromatic carbocycles. The first kappa shape index (κ1) is 11.3. The molecule has 0 saturated carbocycles. The van der Waals surface area contributed by atoms with E-state index in [4.69, 9.17) is 4.74 Å². The molecule has 3 rings (SSSR count). The Morgan fingerprint density at radius 1 is 1.26 bits per heavy atom. The summed E-state index contributed by atoms with van der Waals surface area (Å²) < 4.78 is 5.27. The van der Waals surface area contributed by atoms with Gasteiger partial charge >= 0.3 is 0 Å². The lowest BCUT2D eigenvalue weighted by atomic mass is 10.1. The average molecular weight is 255 g/mol. The highest BCUT2D eigenvalue weighted by molar-refractivity contribution is 5.96. The van der Waals surface area contributed by atoms with E-state index in [1.807, 2.05) is 6.07 Å². The van der Waals surface area contributed by atoms with Crippen LogP contribution in [-0.4, -0.2) is 28.8 Å². The molecule has 0 unspecified atom stereocenters. The first-order valence-electron chi connectivity index (χ1n) is 5.60. The predicted molar refractivity (Wildman–Crippen MR) is 67.0 cm³/mol. The van der Waals surface area contributed by atoms with Crippen molar-refractivity contribution in [1.29, 1.82) is 0 Å². The number of rotatable bonds is 2. The van der Waals surface area contributed by atoms with Crippen LogP contribution < -0.4 is 10.1 Å². The summed E-state index contributed by atoms with van der Waals surface area (Å²) in [5.74, 6) is 0.425. The maximum atomic E-state index is 11.3. The van der Waals surface area contributed by atoms with Gasteiger partial charge in [-0.15, -0.1) is 0 Å². The number of carbonyl (C=O) groups excluding carboxylic acids is 2. The van der Waals surface area contributed by atoms with Gasteiger partial charge in [0.2, 0.25) is 0 Å². The molecule has 2 heterocycles. The lowest BCUT2D eigenvalue weighted by molar-refractivity contribution is -0.118. The lowest BCUT2D eigenvalue weighted by Gasteiger charge is -2.18. The van der Waals surface area contributed by atoms with Crippen LogP contribution in [0.5, 0.6) is 5.75 Å². The molecule has 1 aliphatic rings. The zero-order valence-electron chi connectivity index (χ0n) is 9.79. The molecule has 0 fully saturated rings. The number of carbonyl (C=O) groups is 2. The van der Waals surface area contributed by atoms with Gasteiger partial charge in [-0.05, 0) is 24.3 Å². The second-order valence-electron chi connectivity index (χ2n) is 3.99. The van der Waals surface area contributed by atoms with Crippen molar-refractivity contribution >= 4 is 17.9 Å². The summed E-state index contributed by atoms with van der Waals surface area (Å²) in [7, 11) is 0. The fourth-order valence-corrected chi connectivity index (χ4v) is 1.84. The quantitative estimate of drug-likeness (QED) is 0.818. The molecule has 1 N–H and O–H groups in total. The summed E-state index contributed by atoms with van der Waals surface area (Å²) in [5.41, 5.74) is 2.29. The number of fused-ring (bicyclic) bond motifs is 1. The third kappa shape index (κ3) is 2.15. The van der Waals surface area contributed by atoms with Crippen LogP contribution in [0, 0.1) is 0 Å². The van der Waals surface area contributed by atoms with Crippen molar-refractivity contribution in [2.24, 2.45) is 0 Å². The van der Waals surface area contributed by atoms with Gasteiger partial charge in [0.1, 0.15) is 17.8 Å². The summed E-state index contributed by atoms with van der Waals surface area (Å²) >= 11 is 0. The highest BCUT2D eigenvalue weighted by atomic mass is 16.5. The number of benzene rings is 1. The summed E-state index contributed by atoms with van der Waals surface area (Å²) in [6, 6.07) is 6.91. The van der Waals surface area contributed by atoms with Crippen LogP contribution in [0.2, 0.25) is 0 Å². The Labute approximate surface area is 108 Å². The molecule has 1 amide bonds. The molecule has 6 nitrogen and oxygen atoms in total. The van der Waals surface area contributed by atoms with Crippen molar-refractivity contribution < 1.29 is 14.3 Å². The van der Waals surface area contributed by atoms with Crippen molar-refractivity contribution in [1.82, 2.24) is 9.97 Å². The molecular formula is C13H9N3O3. The molecule has 19 heavy (non-hydrogen) atoms. The molecule has 2 aromatic rings. The van der Waals surface area contributed by atoms with Crippen LogP contribution in [0.3, 0.4) is 0 Å². The Balaban J connectivity index is 2.03. The van der Waals surface area contributed by atoms with E-state index in [1.54, 1.807) is 18.2 Å². The minimum Gasteiger partial charge on any atom is -0.482 e. The molecule has 6 heteroatoms. The minimum absolute atomic E-state index is 0.0230. The molecule has 0 atom stereocenters. The Kier molecular flexibility index (Phi) is 2.68. The van der Waals surface area contributed by atoms with Gasteiger partial charge in [-0.2, -0.15) is 0 Å². The Morgan fingerprint density at radius 2 is 2.16 bits per heavy atom. The maximum absolute atomic E-state index is 11.3. The number of amides is 1. The lowest BCUT2D eigenvalue weighted by Crippen LogP contribution is -2.25. The molecule has 94 valence electrons. The second kappa shape index (κ2) is 4.49. The molecule has 0 aliphatic carbocycles. The van der Waals surface area contributed by atoms with Gasteiger partial charge < -0.3 is 10.1 Å². The van der Waals surface area contributed by atoms with E-state index < -0.39 is 0 Å². The van der Waals surface area contributed by atoms with Crippen LogP contribution in [0.4, 0.5) is 5.69 Å². The molecule has 0 radical (unpaired) electrons. The van der Waals surface area contributed by atoms with E-state index in [9.17, 15) is 9.59 Å². The maximum Gasteiger partial charge on any atom is 0.262 e. The molecule has 0 bridgehead atoms. The first-order valence-corrected chi connectivity index (χ1v) is 5.60. The highest BCUT2D eigenvalue weighted by Gasteiger charge is 2.16. The van der Waals surface area contributed by atoms with Crippen LogP contribution in [-0.2, 0) is 4.79 Å². The van der Waals surface area contributed by atoms with Gasteiger partial charge in [0, 0.05) is 5.56 Å². The van der Waals surface area contributed by atoms with Crippen LogP contribution in [0.25, 0.3) is 11.3 Å². The number of aldehydes is 1. The minimum atomic E-state index is -0.194. The van der Waals surface area contributed by atoms with E-state index >= 15 is 0 Å². The number of ether oxygens (including phenoxy) is 1. The van der Waals surface area contributed by atoms with Crippen molar-refractivity contribution in [3.8, 4) is 17.0 Å². The van der Waals surface area contributed by atoms with Gasteiger partial charge in [0.05, 0.1) is 11.4 Å². The summed E-state index contributed by atoms with van der Waals surface area (Å²) in [4.78, 5) is 29.9. The first-order chi connectivity index (χ1) is 9.26. The summed E-state index contributed by atoms with van der Waals surface area (Å²) in [6.45, 7) is 0.0230. The summed E-state index contributed by atoms with van der Waals surface area (Å²) in [5, 5.41) is 2.72. The van der Waals surface area contributed by atoms with E-state index in [-0.39, 0.29) is 12.5 Å². The highest BCUT2D eigenvalue weighted by Crippen LogP contribution is 2.31. The number of anilines is 1. The molecule has 1 aromatic heterocycles. The zero-order valence-corrected chi connectivity index (χ0v) is 9.79. The van der Waals surface area contributed by atoms with Gasteiger partial charge in [0.25, 0.3) is 5.91 Å². The fraction of sp³-hybridized carbons (Fsp3) is 0.0769. The van der Waals surface area contributed by atoms with Gasteiger partial charge in [0.15, 0.2) is 12.9 Å². The fourth-order valence-electron chi connectivity index (χ4n) is 1.84. The third-order valence-electron chi connectivity index (χ3n) is 2.72. The van der Waals surface area contributed by atoms with Gasteiger partial charge in [-0.25, -0.2) is 9.97 Å². The van der Waals surface area contributed by atoms with Gasteiger partial charge in [-0.3, -0.25) is 9.59 Å². The Morgan fingerprint density at radius 3 is 3.00 bits per heavy atom. The number of hydrogen-bond acceptors (Lipinski definition) is 5. The van der Waals surface area contributed by atoms with Crippen molar-refractivity contribution in [3.63, 3.8) is 0 Å².